The second kappa shape index (κ2) is 8.39. The summed E-state index contributed by atoms with van der Waals surface area (Å²) in [7, 11) is 0. The molecule has 0 saturated heterocycles. The molecule has 0 radical (unpaired) electrons. The van der Waals surface area contributed by atoms with Crippen LogP contribution in [0.3, 0.4) is 0 Å². The SMILES string of the molecule is CCCC(CC(C)c1ccc(O)cc1)(c1ccc(O)cc1)c1ccc(O)cc1. The lowest BCUT2D eigenvalue weighted by Crippen LogP contribution is -2.29. The summed E-state index contributed by atoms with van der Waals surface area (Å²) in [6.07, 6.45) is 2.83. The molecule has 0 spiro atoms. The van der Waals surface area contributed by atoms with Crippen LogP contribution in [-0.4, -0.2) is 15.3 Å². The van der Waals surface area contributed by atoms with Gasteiger partial charge in [0, 0.05) is 5.41 Å². The van der Waals surface area contributed by atoms with Crippen molar-refractivity contribution < 1.29 is 15.3 Å². The zero-order chi connectivity index (χ0) is 20.1. The normalized spacial score (nSPS) is 12.6. The minimum Gasteiger partial charge on any atom is -0.508 e. The van der Waals surface area contributed by atoms with E-state index in [4.69, 9.17) is 0 Å². The van der Waals surface area contributed by atoms with Crippen molar-refractivity contribution in [1.29, 1.82) is 0 Å². The van der Waals surface area contributed by atoms with Gasteiger partial charge in [-0.05, 0) is 71.8 Å². The highest BCUT2D eigenvalue weighted by Gasteiger charge is 2.35. The number of aromatic hydroxyl groups is 3. The maximum atomic E-state index is 9.79. The highest BCUT2D eigenvalue weighted by molar-refractivity contribution is 5.44. The van der Waals surface area contributed by atoms with E-state index in [0.29, 0.717) is 0 Å². The van der Waals surface area contributed by atoms with E-state index in [9.17, 15) is 15.3 Å². The molecule has 0 aliphatic rings. The molecule has 0 amide bonds. The molecule has 3 heteroatoms. The topological polar surface area (TPSA) is 60.7 Å². The molecule has 3 aromatic rings. The Balaban J connectivity index is 2.09. The molecule has 0 aromatic heterocycles. The van der Waals surface area contributed by atoms with Gasteiger partial charge in [-0.1, -0.05) is 56.7 Å². The lowest BCUT2D eigenvalue weighted by molar-refractivity contribution is 0.398. The van der Waals surface area contributed by atoms with Gasteiger partial charge in [-0.3, -0.25) is 0 Å². The molecule has 0 aliphatic carbocycles. The van der Waals surface area contributed by atoms with Gasteiger partial charge in [0.05, 0.1) is 0 Å². The van der Waals surface area contributed by atoms with E-state index >= 15 is 0 Å². The van der Waals surface area contributed by atoms with E-state index in [1.807, 2.05) is 36.4 Å². The Kier molecular flexibility index (Phi) is 5.93. The van der Waals surface area contributed by atoms with Crippen LogP contribution in [0.25, 0.3) is 0 Å². The number of rotatable bonds is 7. The Hall–Kier alpha value is -2.94. The second-order valence-corrected chi connectivity index (χ2v) is 7.62. The average Bonchev–Trinajstić information content (AvgIpc) is 2.69. The van der Waals surface area contributed by atoms with Crippen LogP contribution in [0.4, 0.5) is 0 Å². The maximum absolute atomic E-state index is 9.79. The summed E-state index contributed by atoms with van der Waals surface area (Å²) in [4.78, 5) is 0. The van der Waals surface area contributed by atoms with Crippen LogP contribution in [0.15, 0.2) is 72.8 Å². The van der Waals surface area contributed by atoms with Gasteiger partial charge in [-0.15, -0.1) is 0 Å². The molecule has 0 saturated carbocycles. The molecule has 3 rings (SSSR count). The van der Waals surface area contributed by atoms with Gasteiger partial charge < -0.3 is 15.3 Å². The number of phenols is 3. The fourth-order valence-electron chi connectivity index (χ4n) is 4.22. The smallest absolute Gasteiger partial charge is 0.115 e. The second-order valence-electron chi connectivity index (χ2n) is 7.62. The summed E-state index contributed by atoms with van der Waals surface area (Å²) < 4.78 is 0. The Morgan fingerprint density at radius 2 is 1.07 bits per heavy atom. The summed E-state index contributed by atoms with van der Waals surface area (Å²) in [5, 5.41) is 29.2. The third-order valence-electron chi connectivity index (χ3n) is 5.63. The lowest BCUT2D eigenvalue weighted by Gasteiger charge is -2.38. The van der Waals surface area contributed by atoms with Gasteiger partial charge in [0.2, 0.25) is 0 Å². The van der Waals surface area contributed by atoms with Crippen molar-refractivity contribution in [1.82, 2.24) is 0 Å². The third-order valence-corrected chi connectivity index (χ3v) is 5.63. The van der Waals surface area contributed by atoms with Gasteiger partial charge in [-0.2, -0.15) is 0 Å². The van der Waals surface area contributed by atoms with Gasteiger partial charge in [0.15, 0.2) is 0 Å². The van der Waals surface area contributed by atoms with Gasteiger partial charge in [0.1, 0.15) is 17.2 Å². The molecular weight excluding hydrogens is 348 g/mol. The zero-order valence-electron chi connectivity index (χ0n) is 16.5. The standard InChI is InChI=1S/C25H28O3/c1-3-16-25(20-6-12-23(27)13-7-20,21-8-14-24(28)15-9-21)17-18(2)19-4-10-22(26)11-5-19/h4-15,18,26-28H,3,16-17H2,1-2H3. The first-order valence-electron chi connectivity index (χ1n) is 9.82. The molecule has 1 atom stereocenters. The van der Waals surface area contributed by atoms with E-state index < -0.39 is 0 Å². The van der Waals surface area contributed by atoms with E-state index in [2.05, 4.69) is 13.8 Å². The summed E-state index contributed by atoms with van der Waals surface area (Å²) in [5.41, 5.74) is 3.25. The van der Waals surface area contributed by atoms with Crippen molar-refractivity contribution in [2.75, 3.05) is 0 Å². The highest BCUT2D eigenvalue weighted by Crippen LogP contribution is 2.45. The van der Waals surface area contributed by atoms with Crippen molar-refractivity contribution >= 4 is 0 Å². The van der Waals surface area contributed by atoms with Crippen LogP contribution in [0.5, 0.6) is 17.2 Å². The zero-order valence-corrected chi connectivity index (χ0v) is 16.5. The molecule has 0 heterocycles. The summed E-state index contributed by atoms with van der Waals surface area (Å²) in [6.45, 7) is 4.39. The first-order valence-corrected chi connectivity index (χ1v) is 9.82. The molecule has 146 valence electrons. The Morgan fingerprint density at radius 3 is 1.46 bits per heavy atom. The summed E-state index contributed by atoms with van der Waals surface area (Å²) >= 11 is 0. The summed E-state index contributed by atoms with van der Waals surface area (Å²) in [5.74, 6) is 1.04. The van der Waals surface area contributed by atoms with Gasteiger partial charge in [0.25, 0.3) is 0 Å². The minimum atomic E-state index is -0.243. The Labute approximate surface area is 166 Å². The van der Waals surface area contributed by atoms with Crippen LogP contribution in [-0.2, 0) is 5.41 Å². The Morgan fingerprint density at radius 1 is 0.679 bits per heavy atom. The fraction of sp³-hybridized carbons (Fsp3) is 0.280. The fourth-order valence-corrected chi connectivity index (χ4v) is 4.22. The van der Waals surface area contributed by atoms with E-state index in [-0.39, 0.29) is 28.6 Å². The minimum absolute atomic E-state index is 0.243. The van der Waals surface area contributed by atoms with Crippen LogP contribution >= 0.6 is 0 Å². The lowest BCUT2D eigenvalue weighted by atomic mass is 9.66. The van der Waals surface area contributed by atoms with Gasteiger partial charge >= 0.3 is 0 Å². The molecule has 3 aromatic carbocycles. The quantitative estimate of drug-likeness (QED) is 0.468. The van der Waals surface area contributed by atoms with E-state index in [1.54, 1.807) is 36.4 Å². The monoisotopic (exact) mass is 376 g/mol. The largest absolute Gasteiger partial charge is 0.508 e. The molecule has 1 unspecified atom stereocenters. The molecule has 0 aliphatic heterocycles. The van der Waals surface area contributed by atoms with Gasteiger partial charge in [-0.25, -0.2) is 0 Å². The van der Waals surface area contributed by atoms with Crippen molar-refractivity contribution in [2.24, 2.45) is 0 Å². The first-order chi connectivity index (χ1) is 13.4. The highest BCUT2D eigenvalue weighted by atomic mass is 16.3. The van der Waals surface area contributed by atoms with E-state index in [0.717, 1.165) is 30.4 Å². The van der Waals surface area contributed by atoms with Crippen molar-refractivity contribution in [3.8, 4) is 17.2 Å². The molecule has 0 fully saturated rings. The van der Waals surface area contributed by atoms with E-state index in [1.165, 1.54) is 5.56 Å². The molecule has 3 nitrogen and oxygen atoms in total. The predicted octanol–water partition coefficient (Wildman–Crippen LogP) is 6.08. The molecular formula is C25H28O3. The van der Waals surface area contributed by atoms with Crippen molar-refractivity contribution in [2.45, 2.75) is 44.4 Å². The number of benzene rings is 3. The third kappa shape index (κ3) is 4.14. The molecule has 0 bridgehead atoms. The maximum Gasteiger partial charge on any atom is 0.115 e. The first kappa shape index (κ1) is 19.8. The van der Waals surface area contributed by atoms with Crippen molar-refractivity contribution in [3.05, 3.63) is 89.5 Å². The van der Waals surface area contributed by atoms with Crippen LogP contribution in [0.2, 0.25) is 0 Å². The summed E-state index contributed by atoms with van der Waals surface area (Å²) in [6, 6.07) is 22.4. The number of phenolic OH excluding ortho intramolecular Hbond substituents is 3. The predicted molar refractivity (Wildman–Crippen MR) is 113 cm³/mol. The van der Waals surface area contributed by atoms with Crippen molar-refractivity contribution in [3.63, 3.8) is 0 Å². The molecule has 3 N–H and O–H groups in total. The van der Waals surface area contributed by atoms with Crippen LogP contribution in [0.1, 0.15) is 55.7 Å². The Bertz CT molecular complexity index is 835. The number of hydrogen-bond acceptors (Lipinski definition) is 3. The van der Waals surface area contributed by atoms with Crippen LogP contribution in [0, 0.1) is 0 Å². The molecule has 28 heavy (non-hydrogen) atoms. The van der Waals surface area contributed by atoms with Crippen LogP contribution < -0.4 is 0 Å². The average molecular weight is 376 g/mol. The number of hydrogen-bond donors (Lipinski definition) is 3.